The standard InChI is InChI=1S/C11H12BrClN2O4/c12-9-6(13)2-1-3-7(9)14-11(19)15-8(4-5-16)10(17)18/h1-3,8,16H,4-5H2,(H,17,18)(H2,14,15,19)/t8-/m0/s1. The Morgan fingerprint density at radius 1 is 1.42 bits per heavy atom. The Labute approximate surface area is 122 Å². The molecule has 0 saturated carbocycles. The summed E-state index contributed by atoms with van der Waals surface area (Å²) in [6, 6.07) is 3.05. The maximum atomic E-state index is 11.6. The van der Waals surface area contributed by atoms with Crippen LogP contribution in [0.25, 0.3) is 0 Å². The van der Waals surface area contributed by atoms with E-state index in [1.807, 2.05) is 0 Å². The summed E-state index contributed by atoms with van der Waals surface area (Å²) in [5.41, 5.74) is 0.415. The van der Waals surface area contributed by atoms with E-state index in [1.165, 1.54) is 0 Å². The minimum atomic E-state index is -1.21. The lowest BCUT2D eigenvalue weighted by molar-refractivity contribution is -0.139. The summed E-state index contributed by atoms with van der Waals surface area (Å²) in [5, 5.41) is 22.7. The van der Waals surface area contributed by atoms with Gasteiger partial charge in [0.15, 0.2) is 0 Å². The number of carboxylic acids is 1. The summed E-state index contributed by atoms with van der Waals surface area (Å²) in [6.45, 7) is -0.335. The van der Waals surface area contributed by atoms with Gasteiger partial charge in [0.2, 0.25) is 0 Å². The summed E-state index contributed by atoms with van der Waals surface area (Å²) < 4.78 is 0.501. The number of aliphatic hydroxyl groups excluding tert-OH is 1. The molecule has 0 saturated heterocycles. The van der Waals surface area contributed by atoms with Crippen molar-refractivity contribution in [2.75, 3.05) is 11.9 Å². The van der Waals surface area contributed by atoms with Crippen molar-refractivity contribution in [1.29, 1.82) is 0 Å². The van der Waals surface area contributed by atoms with Crippen molar-refractivity contribution in [1.82, 2.24) is 5.32 Å². The van der Waals surface area contributed by atoms with Crippen molar-refractivity contribution in [2.24, 2.45) is 0 Å². The maximum Gasteiger partial charge on any atom is 0.326 e. The van der Waals surface area contributed by atoms with Crippen LogP contribution in [0.15, 0.2) is 22.7 Å². The number of carbonyl (C=O) groups is 2. The highest BCUT2D eigenvalue weighted by Gasteiger charge is 2.19. The summed E-state index contributed by atoms with van der Waals surface area (Å²) in [4.78, 5) is 22.4. The third-order valence-corrected chi connectivity index (χ3v) is 3.62. The van der Waals surface area contributed by atoms with Gasteiger partial charge in [-0.2, -0.15) is 0 Å². The van der Waals surface area contributed by atoms with Gasteiger partial charge >= 0.3 is 12.0 Å². The molecule has 0 aliphatic rings. The SMILES string of the molecule is O=C(Nc1cccc(Cl)c1Br)N[C@@H](CCO)C(=O)O. The fourth-order valence-corrected chi connectivity index (χ4v) is 1.84. The number of benzene rings is 1. The number of aliphatic carboxylic acids is 1. The van der Waals surface area contributed by atoms with E-state index in [9.17, 15) is 9.59 Å². The first kappa shape index (κ1) is 15.7. The highest BCUT2D eigenvalue weighted by molar-refractivity contribution is 9.10. The Morgan fingerprint density at radius 3 is 2.68 bits per heavy atom. The van der Waals surface area contributed by atoms with Gasteiger partial charge in [-0.05, 0) is 28.1 Å². The molecular weight excluding hydrogens is 339 g/mol. The van der Waals surface area contributed by atoms with Crippen molar-refractivity contribution in [3.05, 3.63) is 27.7 Å². The van der Waals surface area contributed by atoms with E-state index in [-0.39, 0.29) is 13.0 Å². The number of aliphatic hydroxyl groups is 1. The number of amides is 2. The lowest BCUT2D eigenvalue weighted by atomic mass is 10.2. The van der Waals surface area contributed by atoms with Crippen LogP contribution in [0, 0.1) is 0 Å². The zero-order valence-corrected chi connectivity index (χ0v) is 12.0. The van der Waals surface area contributed by atoms with E-state index in [0.717, 1.165) is 0 Å². The van der Waals surface area contributed by atoms with Crippen LogP contribution < -0.4 is 10.6 Å². The van der Waals surface area contributed by atoms with Gasteiger partial charge in [0.1, 0.15) is 6.04 Å². The van der Waals surface area contributed by atoms with Crippen LogP contribution >= 0.6 is 27.5 Å². The van der Waals surface area contributed by atoms with Crippen molar-refractivity contribution >= 4 is 45.2 Å². The number of hydrogen-bond acceptors (Lipinski definition) is 3. The Balaban J connectivity index is 2.69. The fraction of sp³-hybridized carbons (Fsp3) is 0.273. The molecule has 4 N–H and O–H groups in total. The summed E-state index contributed by atoms with van der Waals surface area (Å²) in [6.07, 6.45) is -0.0700. The van der Waals surface area contributed by atoms with Gasteiger partial charge in [0.25, 0.3) is 0 Å². The molecule has 1 aromatic rings. The molecule has 0 heterocycles. The summed E-state index contributed by atoms with van der Waals surface area (Å²) >= 11 is 9.06. The molecule has 104 valence electrons. The molecule has 0 aromatic heterocycles. The predicted molar refractivity (Wildman–Crippen MR) is 74.4 cm³/mol. The Kier molecular flexibility index (Phi) is 6.07. The molecule has 0 fully saturated rings. The average molecular weight is 352 g/mol. The van der Waals surface area contributed by atoms with E-state index >= 15 is 0 Å². The number of urea groups is 1. The highest BCUT2D eigenvalue weighted by Crippen LogP contribution is 2.29. The Morgan fingerprint density at radius 2 is 2.11 bits per heavy atom. The number of hydrogen-bond donors (Lipinski definition) is 4. The van der Waals surface area contributed by atoms with Crippen LogP contribution in [0.3, 0.4) is 0 Å². The fourth-order valence-electron chi connectivity index (χ4n) is 1.30. The van der Waals surface area contributed by atoms with E-state index in [0.29, 0.717) is 15.2 Å². The minimum absolute atomic E-state index is 0.0700. The summed E-state index contributed by atoms with van der Waals surface area (Å²) in [5.74, 6) is -1.21. The number of rotatable bonds is 5. The van der Waals surface area contributed by atoms with E-state index < -0.39 is 18.0 Å². The second-order valence-electron chi connectivity index (χ2n) is 3.60. The maximum absolute atomic E-state index is 11.6. The molecule has 0 radical (unpaired) electrons. The topological polar surface area (TPSA) is 98.7 Å². The van der Waals surface area contributed by atoms with Crippen molar-refractivity contribution < 1.29 is 19.8 Å². The zero-order valence-electron chi connectivity index (χ0n) is 9.69. The molecule has 0 aliphatic carbocycles. The van der Waals surface area contributed by atoms with Crippen LogP contribution in [0.4, 0.5) is 10.5 Å². The quantitative estimate of drug-likeness (QED) is 0.652. The lowest BCUT2D eigenvalue weighted by Crippen LogP contribution is -2.43. The van der Waals surface area contributed by atoms with Crippen LogP contribution in [-0.2, 0) is 4.79 Å². The first-order chi connectivity index (χ1) is 8.95. The van der Waals surface area contributed by atoms with Crippen LogP contribution in [0.5, 0.6) is 0 Å². The molecule has 0 unspecified atom stereocenters. The van der Waals surface area contributed by atoms with Gasteiger partial charge in [-0.15, -0.1) is 0 Å². The van der Waals surface area contributed by atoms with E-state index in [1.54, 1.807) is 18.2 Å². The molecule has 1 atom stereocenters. The number of carboxylic acid groups (broad SMARTS) is 1. The number of halogens is 2. The largest absolute Gasteiger partial charge is 0.480 e. The van der Waals surface area contributed by atoms with Gasteiger partial charge in [0, 0.05) is 13.0 Å². The lowest BCUT2D eigenvalue weighted by Gasteiger charge is -2.14. The van der Waals surface area contributed by atoms with Crippen LogP contribution in [0.1, 0.15) is 6.42 Å². The zero-order chi connectivity index (χ0) is 14.4. The molecule has 1 rings (SSSR count). The number of nitrogens with one attached hydrogen (secondary N) is 2. The number of anilines is 1. The molecule has 2 amide bonds. The van der Waals surface area contributed by atoms with Gasteiger partial charge in [-0.3, -0.25) is 0 Å². The third-order valence-electron chi connectivity index (χ3n) is 2.22. The normalized spacial score (nSPS) is 11.7. The smallest absolute Gasteiger partial charge is 0.326 e. The first-order valence-electron chi connectivity index (χ1n) is 5.31. The molecule has 19 heavy (non-hydrogen) atoms. The van der Waals surface area contributed by atoms with Gasteiger partial charge in [0.05, 0.1) is 15.2 Å². The van der Waals surface area contributed by atoms with Gasteiger partial charge in [-0.1, -0.05) is 17.7 Å². The number of carbonyl (C=O) groups excluding carboxylic acids is 1. The highest BCUT2D eigenvalue weighted by atomic mass is 79.9. The second-order valence-corrected chi connectivity index (χ2v) is 4.80. The van der Waals surface area contributed by atoms with Crippen molar-refractivity contribution in [2.45, 2.75) is 12.5 Å². The second kappa shape index (κ2) is 7.32. The molecule has 0 bridgehead atoms. The van der Waals surface area contributed by atoms with Crippen molar-refractivity contribution in [3.8, 4) is 0 Å². The molecule has 6 nitrogen and oxygen atoms in total. The molecule has 0 aliphatic heterocycles. The van der Waals surface area contributed by atoms with Crippen LogP contribution in [-0.4, -0.2) is 34.9 Å². The van der Waals surface area contributed by atoms with E-state index in [2.05, 4.69) is 26.6 Å². The van der Waals surface area contributed by atoms with Crippen LogP contribution in [0.2, 0.25) is 5.02 Å². The van der Waals surface area contributed by atoms with E-state index in [4.69, 9.17) is 21.8 Å². The minimum Gasteiger partial charge on any atom is -0.480 e. The summed E-state index contributed by atoms with van der Waals surface area (Å²) in [7, 11) is 0. The first-order valence-corrected chi connectivity index (χ1v) is 6.48. The molecular formula is C11H12BrClN2O4. The predicted octanol–water partition coefficient (Wildman–Crippen LogP) is 2.06. The Bertz CT molecular complexity index is 484. The monoisotopic (exact) mass is 350 g/mol. The average Bonchev–Trinajstić information content (AvgIpc) is 2.34. The third kappa shape index (κ3) is 4.70. The molecule has 1 aromatic carbocycles. The van der Waals surface area contributed by atoms with Crippen molar-refractivity contribution in [3.63, 3.8) is 0 Å². The Hall–Kier alpha value is -1.31. The molecule has 0 spiro atoms. The van der Waals surface area contributed by atoms with Gasteiger partial charge < -0.3 is 20.8 Å². The molecule has 8 heteroatoms. The van der Waals surface area contributed by atoms with Gasteiger partial charge in [-0.25, -0.2) is 9.59 Å².